The van der Waals surface area contributed by atoms with Crippen molar-refractivity contribution in [2.75, 3.05) is 19.4 Å². The summed E-state index contributed by atoms with van der Waals surface area (Å²) in [6, 6.07) is 7.12. The van der Waals surface area contributed by atoms with Crippen LogP contribution >= 0.6 is 11.6 Å². The molecule has 19 heavy (non-hydrogen) atoms. The molecular formula is C13H18ClNO3S. The number of benzene rings is 1. The Morgan fingerprint density at radius 2 is 2.16 bits per heavy atom. The molecule has 6 heteroatoms. The molecule has 106 valence electrons. The minimum Gasteiger partial charge on any atom is -0.491 e. The second kappa shape index (κ2) is 8.17. The number of rotatable bonds is 7. The number of hydrogen-bond acceptors (Lipinski definition) is 3. The molecule has 0 unspecified atom stereocenters. The first kappa shape index (κ1) is 16.0. The molecule has 0 radical (unpaired) electrons. The lowest BCUT2D eigenvalue weighted by Gasteiger charge is -2.11. The van der Waals surface area contributed by atoms with E-state index in [-0.39, 0.29) is 24.2 Å². The maximum atomic E-state index is 11.5. The highest BCUT2D eigenvalue weighted by Gasteiger charge is 2.08. The molecule has 0 heterocycles. The molecule has 1 amide bonds. The Morgan fingerprint density at radius 3 is 2.79 bits per heavy atom. The summed E-state index contributed by atoms with van der Waals surface area (Å²) in [6.45, 7) is 2.50. The SMILES string of the molecule is C[C@H](CNC(=O)CCOc1ccccc1Cl)[S@@](C)=O. The van der Waals surface area contributed by atoms with Gasteiger partial charge in [-0.1, -0.05) is 23.7 Å². The number of halogens is 1. The van der Waals surface area contributed by atoms with E-state index in [1.54, 1.807) is 18.4 Å². The summed E-state index contributed by atoms with van der Waals surface area (Å²) < 4.78 is 16.5. The van der Waals surface area contributed by atoms with E-state index in [0.29, 0.717) is 17.3 Å². The Morgan fingerprint density at radius 1 is 1.47 bits per heavy atom. The summed E-state index contributed by atoms with van der Waals surface area (Å²) in [5, 5.41) is 3.20. The monoisotopic (exact) mass is 303 g/mol. The standard InChI is InChI=1S/C13H18ClNO3S/c1-10(19(2)17)9-15-13(16)7-8-18-12-6-4-3-5-11(12)14/h3-6,10H,7-9H2,1-2H3,(H,15,16)/t10-,19-/m1/s1. The largest absolute Gasteiger partial charge is 0.491 e. The van der Waals surface area contributed by atoms with Gasteiger partial charge in [0, 0.05) is 28.9 Å². The van der Waals surface area contributed by atoms with Gasteiger partial charge in [0.05, 0.1) is 18.1 Å². The van der Waals surface area contributed by atoms with E-state index in [1.165, 1.54) is 0 Å². The van der Waals surface area contributed by atoms with Crippen LogP contribution < -0.4 is 10.1 Å². The van der Waals surface area contributed by atoms with Crippen molar-refractivity contribution >= 4 is 28.3 Å². The van der Waals surface area contributed by atoms with Crippen LogP contribution in [0.15, 0.2) is 24.3 Å². The molecule has 0 spiro atoms. The fraction of sp³-hybridized carbons (Fsp3) is 0.462. The second-order valence-corrected chi connectivity index (χ2v) is 6.35. The van der Waals surface area contributed by atoms with Crippen molar-refractivity contribution in [3.05, 3.63) is 29.3 Å². The molecule has 1 aromatic carbocycles. The second-order valence-electron chi connectivity index (χ2n) is 4.14. The van der Waals surface area contributed by atoms with Gasteiger partial charge in [-0.15, -0.1) is 0 Å². The zero-order valence-corrected chi connectivity index (χ0v) is 12.6. The number of carbonyl (C=O) groups excluding carboxylic acids is 1. The molecule has 1 aromatic rings. The van der Waals surface area contributed by atoms with Gasteiger partial charge in [-0.05, 0) is 19.1 Å². The van der Waals surface area contributed by atoms with E-state index < -0.39 is 10.8 Å². The molecule has 0 bridgehead atoms. The first-order chi connectivity index (χ1) is 9.00. The summed E-state index contributed by atoms with van der Waals surface area (Å²) in [4.78, 5) is 11.5. The summed E-state index contributed by atoms with van der Waals surface area (Å²) in [7, 11) is -0.929. The van der Waals surface area contributed by atoms with Crippen LogP contribution in [0.25, 0.3) is 0 Å². The van der Waals surface area contributed by atoms with Crippen LogP contribution in [0.1, 0.15) is 13.3 Å². The van der Waals surface area contributed by atoms with Gasteiger partial charge in [0.1, 0.15) is 5.75 Å². The first-order valence-electron chi connectivity index (χ1n) is 5.97. The van der Waals surface area contributed by atoms with Gasteiger partial charge in [-0.3, -0.25) is 9.00 Å². The predicted molar refractivity (Wildman–Crippen MR) is 78.1 cm³/mol. The minimum absolute atomic E-state index is 0.0477. The van der Waals surface area contributed by atoms with Gasteiger partial charge in [-0.2, -0.15) is 0 Å². The van der Waals surface area contributed by atoms with Crippen LogP contribution in [-0.4, -0.2) is 34.8 Å². The molecule has 2 atom stereocenters. The summed E-state index contributed by atoms with van der Waals surface area (Å²) in [5.74, 6) is 0.448. The van der Waals surface area contributed by atoms with E-state index in [2.05, 4.69) is 5.32 Å². The van der Waals surface area contributed by atoms with Gasteiger partial charge in [0.25, 0.3) is 0 Å². The number of nitrogens with one attached hydrogen (secondary N) is 1. The highest BCUT2D eigenvalue weighted by atomic mass is 35.5. The quantitative estimate of drug-likeness (QED) is 0.838. The van der Waals surface area contributed by atoms with E-state index in [1.807, 2.05) is 19.1 Å². The van der Waals surface area contributed by atoms with Crippen LogP contribution in [-0.2, 0) is 15.6 Å². The first-order valence-corrected chi connectivity index (χ1v) is 7.97. The van der Waals surface area contributed by atoms with Crippen molar-refractivity contribution in [2.24, 2.45) is 0 Å². The van der Waals surface area contributed by atoms with Gasteiger partial charge >= 0.3 is 0 Å². The number of carbonyl (C=O) groups is 1. The molecule has 0 aliphatic carbocycles. The van der Waals surface area contributed by atoms with Crippen LogP contribution in [0.4, 0.5) is 0 Å². The fourth-order valence-corrected chi connectivity index (χ4v) is 1.79. The third-order valence-corrected chi connectivity index (χ3v) is 4.19. The summed E-state index contributed by atoms with van der Waals surface area (Å²) >= 11 is 5.92. The number of hydrogen-bond donors (Lipinski definition) is 1. The molecule has 0 saturated carbocycles. The predicted octanol–water partition coefficient (Wildman–Crippen LogP) is 1.99. The smallest absolute Gasteiger partial charge is 0.223 e. The van der Waals surface area contributed by atoms with Crippen LogP contribution in [0.3, 0.4) is 0 Å². The average Bonchev–Trinajstić information content (AvgIpc) is 2.38. The molecule has 0 aliphatic rings. The maximum absolute atomic E-state index is 11.5. The van der Waals surface area contributed by atoms with E-state index in [9.17, 15) is 9.00 Å². The number of ether oxygens (including phenoxy) is 1. The normalized spacial score (nSPS) is 13.6. The van der Waals surface area contributed by atoms with Gasteiger partial charge in [0.2, 0.25) is 5.91 Å². The molecule has 0 saturated heterocycles. The van der Waals surface area contributed by atoms with Crippen LogP contribution in [0.2, 0.25) is 5.02 Å². The fourth-order valence-electron chi connectivity index (χ4n) is 1.28. The van der Waals surface area contributed by atoms with Crippen molar-refractivity contribution in [3.63, 3.8) is 0 Å². The molecule has 1 N–H and O–H groups in total. The third-order valence-electron chi connectivity index (χ3n) is 2.58. The molecule has 0 aliphatic heterocycles. The molecular weight excluding hydrogens is 286 g/mol. The highest BCUT2D eigenvalue weighted by Crippen LogP contribution is 2.22. The Labute approximate surface area is 120 Å². The molecule has 4 nitrogen and oxygen atoms in total. The number of para-hydroxylation sites is 1. The van der Waals surface area contributed by atoms with Crippen molar-refractivity contribution in [3.8, 4) is 5.75 Å². The van der Waals surface area contributed by atoms with E-state index >= 15 is 0 Å². The van der Waals surface area contributed by atoms with Crippen LogP contribution in [0, 0.1) is 0 Å². The number of amides is 1. The zero-order valence-electron chi connectivity index (χ0n) is 11.0. The Kier molecular flexibility index (Phi) is 6.87. The molecule has 0 aromatic heterocycles. The van der Waals surface area contributed by atoms with Crippen molar-refractivity contribution in [2.45, 2.75) is 18.6 Å². The lowest BCUT2D eigenvalue weighted by molar-refractivity contribution is -0.121. The average molecular weight is 304 g/mol. The lowest BCUT2D eigenvalue weighted by Crippen LogP contribution is -2.33. The van der Waals surface area contributed by atoms with Crippen molar-refractivity contribution < 1.29 is 13.7 Å². The Bertz CT molecular complexity index is 453. The van der Waals surface area contributed by atoms with Crippen molar-refractivity contribution in [1.29, 1.82) is 0 Å². The summed E-state index contributed by atoms with van der Waals surface area (Å²) in [5.41, 5.74) is 0. The topological polar surface area (TPSA) is 55.4 Å². The summed E-state index contributed by atoms with van der Waals surface area (Å²) in [6.07, 6.45) is 1.87. The van der Waals surface area contributed by atoms with Crippen LogP contribution in [0.5, 0.6) is 5.75 Å². The highest BCUT2D eigenvalue weighted by molar-refractivity contribution is 7.84. The Hall–Kier alpha value is -1.07. The molecule has 0 fully saturated rings. The van der Waals surface area contributed by atoms with E-state index in [0.717, 1.165) is 0 Å². The van der Waals surface area contributed by atoms with E-state index in [4.69, 9.17) is 16.3 Å². The zero-order chi connectivity index (χ0) is 14.3. The van der Waals surface area contributed by atoms with Crippen molar-refractivity contribution in [1.82, 2.24) is 5.32 Å². The van der Waals surface area contributed by atoms with Gasteiger partial charge in [0.15, 0.2) is 0 Å². The third kappa shape index (κ3) is 6.07. The van der Waals surface area contributed by atoms with Gasteiger partial charge < -0.3 is 10.1 Å². The minimum atomic E-state index is -0.929. The lowest BCUT2D eigenvalue weighted by atomic mass is 10.3. The van der Waals surface area contributed by atoms with Gasteiger partial charge in [-0.25, -0.2) is 0 Å². The maximum Gasteiger partial charge on any atom is 0.223 e. The Balaban J connectivity index is 2.24. The molecule has 1 rings (SSSR count).